The van der Waals surface area contributed by atoms with E-state index in [1.165, 1.54) is 6.07 Å². The smallest absolute Gasteiger partial charge is 0.123 e. The third kappa shape index (κ3) is 7.25. The van der Waals surface area contributed by atoms with Crippen LogP contribution < -0.4 is 5.32 Å². The van der Waals surface area contributed by atoms with Gasteiger partial charge in [-0.25, -0.2) is 4.39 Å². The molecule has 0 heterocycles. The number of methoxy groups -OCH3 is 1. The Labute approximate surface area is 115 Å². The van der Waals surface area contributed by atoms with Crippen LogP contribution in [0.15, 0.2) is 24.3 Å². The first-order valence-electron chi connectivity index (χ1n) is 6.77. The molecular formula is C15H25FN2O. The molecule has 19 heavy (non-hydrogen) atoms. The fourth-order valence-electron chi connectivity index (χ4n) is 1.95. The highest BCUT2D eigenvalue weighted by atomic mass is 19.1. The Hall–Kier alpha value is -0.970. The molecule has 1 N–H and O–H groups in total. The molecule has 4 heteroatoms. The summed E-state index contributed by atoms with van der Waals surface area (Å²) < 4.78 is 18.1. The molecule has 1 aromatic carbocycles. The molecule has 0 amide bonds. The molecule has 108 valence electrons. The average Bonchev–Trinajstić information content (AvgIpc) is 2.36. The molecule has 0 bridgehead atoms. The normalized spacial score (nSPS) is 12.9. The summed E-state index contributed by atoms with van der Waals surface area (Å²) in [5.41, 5.74) is 1.03. The van der Waals surface area contributed by atoms with Crippen LogP contribution in [-0.4, -0.2) is 51.3 Å². The van der Waals surface area contributed by atoms with Crippen LogP contribution in [0.1, 0.15) is 12.5 Å². The summed E-state index contributed by atoms with van der Waals surface area (Å²) in [7, 11) is 3.80. The van der Waals surface area contributed by atoms with Crippen LogP contribution in [0.25, 0.3) is 0 Å². The lowest BCUT2D eigenvalue weighted by Crippen LogP contribution is -2.36. The van der Waals surface area contributed by atoms with Gasteiger partial charge in [-0.15, -0.1) is 0 Å². The Bertz CT molecular complexity index is 360. The van der Waals surface area contributed by atoms with Gasteiger partial charge in [-0.05, 0) is 38.1 Å². The van der Waals surface area contributed by atoms with Crippen molar-refractivity contribution in [1.82, 2.24) is 10.2 Å². The van der Waals surface area contributed by atoms with Crippen molar-refractivity contribution in [2.45, 2.75) is 19.4 Å². The molecule has 1 rings (SSSR count). The first kappa shape index (κ1) is 16.1. The van der Waals surface area contributed by atoms with Gasteiger partial charge >= 0.3 is 0 Å². The quantitative estimate of drug-likeness (QED) is 0.740. The summed E-state index contributed by atoms with van der Waals surface area (Å²) in [4.78, 5) is 2.23. The number of rotatable bonds is 9. The first-order valence-corrected chi connectivity index (χ1v) is 6.77. The summed E-state index contributed by atoms with van der Waals surface area (Å²) in [6.07, 6.45) is 0.847. The largest absolute Gasteiger partial charge is 0.383 e. The summed E-state index contributed by atoms with van der Waals surface area (Å²) >= 11 is 0. The van der Waals surface area contributed by atoms with E-state index in [2.05, 4.69) is 24.2 Å². The van der Waals surface area contributed by atoms with Crippen molar-refractivity contribution < 1.29 is 9.13 Å². The number of nitrogens with zero attached hydrogens (tertiary/aromatic N) is 1. The van der Waals surface area contributed by atoms with Gasteiger partial charge in [-0.1, -0.05) is 12.1 Å². The van der Waals surface area contributed by atoms with E-state index in [4.69, 9.17) is 4.74 Å². The minimum Gasteiger partial charge on any atom is -0.383 e. The predicted octanol–water partition coefficient (Wildman–Crippen LogP) is 1.92. The van der Waals surface area contributed by atoms with Crippen LogP contribution in [0, 0.1) is 5.82 Å². The van der Waals surface area contributed by atoms with E-state index in [9.17, 15) is 4.39 Å². The second-order valence-electron chi connectivity index (χ2n) is 4.99. The van der Waals surface area contributed by atoms with Crippen LogP contribution in [0.2, 0.25) is 0 Å². The van der Waals surface area contributed by atoms with Gasteiger partial charge in [0.05, 0.1) is 6.61 Å². The maximum Gasteiger partial charge on any atom is 0.123 e. The van der Waals surface area contributed by atoms with E-state index >= 15 is 0 Å². The topological polar surface area (TPSA) is 24.5 Å². The highest BCUT2D eigenvalue weighted by Gasteiger charge is 2.04. The maximum atomic E-state index is 13.1. The Balaban J connectivity index is 2.19. The van der Waals surface area contributed by atoms with Crippen molar-refractivity contribution in [2.24, 2.45) is 0 Å². The van der Waals surface area contributed by atoms with Crippen molar-refractivity contribution in [2.75, 3.05) is 40.4 Å². The van der Waals surface area contributed by atoms with E-state index in [-0.39, 0.29) is 5.82 Å². The van der Waals surface area contributed by atoms with E-state index < -0.39 is 0 Å². The number of ether oxygens (including phenoxy) is 1. The predicted molar refractivity (Wildman–Crippen MR) is 76.9 cm³/mol. The van der Waals surface area contributed by atoms with Crippen molar-refractivity contribution in [3.8, 4) is 0 Å². The summed E-state index contributed by atoms with van der Waals surface area (Å²) in [5.74, 6) is -0.163. The Morgan fingerprint density at radius 3 is 2.84 bits per heavy atom. The molecule has 0 aliphatic heterocycles. The summed E-state index contributed by atoms with van der Waals surface area (Å²) in [5, 5.41) is 3.45. The molecule has 1 atom stereocenters. The van der Waals surface area contributed by atoms with Crippen LogP contribution in [-0.2, 0) is 11.2 Å². The fourth-order valence-corrected chi connectivity index (χ4v) is 1.95. The molecule has 0 aliphatic rings. The average molecular weight is 268 g/mol. The molecule has 1 unspecified atom stereocenters. The van der Waals surface area contributed by atoms with Crippen LogP contribution in [0.4, 0.5) is 4.39 Å². The Morgan fingerprint density at radius 2 is 2.16 bits per heavy atom. The molecule has 0 aliphatic carbocycles. The molecule has 0 spiro atoms. The third-order valence-electron chi connectivity index (χ3n) is 3.09. The maximum absolute atomic E-state index is 13.1. The zero-order valence-electron chi connectivity index (χ0n) is 12.2. The van der Waals surface area contributed by atoms with E-state index in [0.717, 1.165) is 38.2 Å². The van der Waals surface area contributed by atoms with Crippen LogP contribution in [0.3, 0.4) is 0 Å². The number of likely N-dealkylation sites (N-methyl/N-ethyl adjacent to an activating group) is 1. The Morgan fingerprint density at radius 1 is 1.37 bits per heavy atom. The lowest BCUT2D eigenvalue weighted by molar-refractivity contribution is 0.161. The van der Waals surface area contributed by atoms with Gasteiger partial charge in [0.1, 0.15) is 5.82 Å². The number of hydrogen-bond acceptors (Lipinski definition) is 3. The zero-order valence-corrected chi connectivity index (χ0v) is 12.2. The van der Waals surface area contributed by atoms with Gasteiger partial charge in [0.2, 0.25) is 0 Å². The number of halogens is 1. The Kier molecular flexibility index (Phi) is 7.63. The van der Waals surface area contributed by atoms with Crippen molar-refractivity contribution in [3.63, 3.8) is 0 Å². The minimum atomic E-state index is -0.163. The lowest BCUT2D eigenvalue weighted by Gasteiger charge is -2.19. The van der Waals surface area contributed by atoms with Crippen LogP contribution in [0.5, 0.6) is 0 Å². The van der Waals surface area contributed by atoms with Crippen molar-refractivity contribution in [3.05, 3.63) is 35.6 Å². The van der Waals surface area contributed by atoms with Crippen molar-refractivity contribution in [1.29, 1.82) is 0 Å². The van der Waals surface area contributed by atoms with E-state index in [1.807, 2.05) is 6.07 Å². The molecule has 3 nitrogen and oxygen atoms in total. The molecule has 0 fully saturated rings. The van der Waals surface area contributed by atoms with Gasteiger partial charge in [0, 0.05) is 32.8 Å². The molecule has 0 aromatic heterocycles. The monoisotopic (exact) mass is 268 g/mol. The molecule has 0 saturated heterocycles. The second-order valence-corrected chi connectivity index (χ2v) is 4.99. The highest BCUT2D eigenvalue weighted by molar-refractivity contribution is 5.17. The number of nitrogens with one attached hydrogen (secondary N) is 1. The van der Waals surface area contributed by atoms with E-state index in [0.29, 0.717) is 6.04 Å². The second kappa shape index (κ2) is 9.02. The summed E-state index contributed by atoms with van der Waals surface area (Å²) in [6.45, 7) is 5.74. The van der Waals surface area contributed by atoms with Gasteiger partial charge in [0.15, 0.2) is 0 Å². The fraction of sp³-hybridized carbons (Fsp3) is 0.600. The van der Waals surface area contributed by atoms with Gasteiger partial charge in [-0.3, -0.25) is 0 Å². The number of hydrogen-bond donors (Lipinski definition) is 1. The minimum absolute atomic E-state index is 0.163. The highest BCUT2D eigenvalue weighted by Crippen LogP contribution is 2.06. The van der Waals surface area contributed by atoms with Gasteiger partial charge < -0.3 is 15.0 Å². The third-order valence-corrected chi connectivity index (χ3v) is 3.09. The van der Waals surface area contributed by atoms with E-state index in [1.54, 1.807) is 19.2 Å². The lowest BCUT2D eigenvalue weighted by atomic mass is 10.1. The molecule has 1 aromatic rings. The number of benzene rings is 1. The van der Waals surface area contributed by atoms with Gasteiger partial charge in [-0.2, -0.15) is 0 Å². The first-order chi connectivity index (χ1) is 9.11. The SMILES string of the molecule is COCCN(C)CCNC(C)Cc1cccc(F)c1. The summed E-state index contributed by atoms with van der Waals surface area (Å²) in [6, 6.07) is 7.15. The molecule has 0 radical (unpaired) electrons. The standard InChI is InChI=1S/C15H25FN2O/c1-13(11-14-5-4-6-15(16)12-14)17-7-8-18(2)9-10-19-3/h4-6,12-13,17H,7-11H2,1-3H3. The molecular weight excluding hydrogens is 243 g/mol. The van der Waals surface area contributed by atoms with Crippen LogP contribution >= 0.6 is 0 Å². The van der Waals surface area contributed by atoms with Gasteiger partial charge in [0.25, 0.3) is 0 Å². The van der Waals surface area contributed by atoms with Crippen molar-refractivity contribution >= 4 is 0 Å². The zero-order chi connectivity index (χ0) is 14.1. The molecule has 0 saturated carbocycles.